The molecule has 19 heavy (non-hydrogen) atoms. The molecule has 0 bridgehead atoms. The van der Waals surface area contributed by atoms with E-state index in [-0.39, 0.29) is 5.91 Å². The van der Waals surface area contributed by atoms with Crippen LogP contribution in [0.2, 0.25) is 5.02 Å². The van der Waals surface area contributed by atoms with Gasteiger partial charge in [-0.05, 0) is 12.1 Å². The number of amides is 1. The van der Waals surface area contributed by atoms with Gasteiger partial charge < -0.3 is 10.2 Å². The smallest absolute Gasteiger partial charge is 0.255 e. The van der Waals surface area contributed by atoms with Crippen molar-refractivity contribution in [3.8, 4) is 0 Å². The third-order valence-corrected chi connectivity index (χ3v) is 4.25. The minimum absolute atomic E-state index is 0.0528. The number of hydrogen-bond acceptors (Lipinski definition) is 3. The topological polar surface area (TPSA) is 35.6 Å². The van der Waals surface area contributed by atoms with Crippen molar-refractivity contribution >= 4 is 17.5 Å². The lowest BCUT2D eigenvalue weighted by molar-refractivity contribution is 0.0227. The Labute approximate surface area is 118 Å². The molecule has 4 nitrogen and oxygen atoms in total. The van der Waals surface area contributed by atoms with Gasteiger partial charge in [0.25, 0.3) is 5.91 Å². The van der Waals surface area contributed by atoms with Gasteiger partial charge in [-0.1, -0.05) is 23.7 Å². The first-order valence-corrected chi connectivity index (χ1v) is 7.12. The summed E-state index contributed by atoms with van der Waals surface area (Å²) in [5, 5.41) is 3.89. The third-order valence-electron chi connectivity index (χ3n) is 3.92. The van der Waals surface area contributed by atoms with Gasteiger partial charge >= 0.3 is 0 Å². The predicted molar refractivity (Wildman–Crippen MR) is 75.6 cm³/mol. The molecule has 1 aromatic carbocycles. The number of benzene rings is 1. The summed E-state index contributed by atoms with van der Waals surface area (Å²) in [6.07, 6.45) is 0. The average molecular weight is 280 g/mol. The maximum absolute atomic E-state index is 12.3. The molecule has 0 spiro atoms. The number of piperazine rings is 1. The molecule has 2 heterocycles. The summed E-state index contributed by atoms with van der Waals surface area (Å²) in [5.74, 6) is 0.0528. The molecule has 1 aromatic rings. The van der Waals surface area contributed by atoms with E-state index in [1.54, 1.807) is 12.1 Å². The highest BCUT2D eigenvalue weighted by Crippen LogP contribution is 2.22. The number of halogens is 1. The fourth-order valence-electron chi connectivity index (χ4n) is 2.70. The van der Waals surface area contributed by atoms with Crippen molar-refractivity contribution in [2.45, 2.75) is 6.04 Å². The van der Waals surface area contributed by atoms with Crippen LogP contribution in [0, 0.1) is 0 Å². The highest BCUT2D eigenvalue weighted by Gasteiger charge is 2.35. The number of rotatable bonds is 2. The molecule has 5 heteroatoms. The van der Waals surface area contributed by atoms with Crippen LogP contribution < -0.4 is 5.32 Å². The lowest BCUT2D eigenvalue weighted by atomic mass is 10.0. The normalized spacial score (nSPS) is 21.2. The van der Waals surface area contributed by atoms with Crippen molar-refractivity contribution in [3.63, 3.8) is 0 Å². The maximum atomic E-state index is 12.3. The van der Waals surface area contributed by atoms with E-state index in [1.165, 1.54) is 0 Å². The Hall–Kier alpha value is -1.10. The van der Waals surface area contributed by atoms with Gasteiger partial charge in [-0.3, -0.25) is 9.69 Å². The van der Waals surface area contributed by atoms with Gasteiger partial charge in [-0.15, -0.1) is 0 Å². The second-order valence-corrected chi connectivity index (χ2v) is 5.54. The van der Waals surface area contributed by atoms with E-state index < -0.39 is 0 Å². The first-order valence-electron chi connectivity index (χ1n) is 6.74. The Morgan fingerprint density at radius 2 is 1.89 bits per heavy atom. The second kappa shape index (κ2) is 5.49. The number of likely N-dealkylation sites (tertiary alicyclic amines) is 1. The molecule has 2 aliphatic rings. The zero-order valence-corrected chi connectivity index (χ0v) is 11.6. The van der Waals surface area contributed by atoms with Gasteiger partial charge in [-0.25, -0.2) is 0 Å². The molecule has 0 aliphatic carbocycles. The largest absolute Gasteiger partial charge is 0.335 e. The molecule has 2 fully saturated rings. The Balaban J connectivity index is 1.58. The molecule has 102 valence electrons. The average Bonchev–Trinajstić information content (AvgIpc) is 2.38. The first kappa shape index (κ1) is 12.9. The number of hydrogen-bond donors (Lipinski definition) is 1. The molecule has 2 saturated heterocycles. The minimum Gasteiger partial charge on any atom is -0.335 e. The number of nitrogens with zero attached hydrogens (tertiary/aromatic N) is 2. The van der Waals surface area contributed by atoms with Crippen molar-refractivity contribution in [3.05, 3.63) is 34.9 Å². The molecule has 0 saturated carbocycles. The van der Waals surface area contributed by atoms with Gasteiger partial charge in [0.15, 0.2) is 0 Å². The van der Waals surface area contributed by atoms with E-state index >= 15 is 0 Å². The van der Waals surface area contributed by atoms with Crippen LogP contribution in [0.4, 0.5) is 0 Å². The van der Waals surface area contributed by atoms with Crippen LogP contribution in [0.3, 0.4) is 0 Å². The van der Waals surface area contributed by atoms with E-state index in [1.807, 2.05) is 17.0 Å². The van der Waals surface area contributed by atoms with Gasteiger partial charge in [0.1, 0.15) is 0 Å². The van der Waals surface area contributed by atoms with Crippen LogP contribution in [0.15, 0.2) is 24.3 Å². The van der Waals surface area contributed by atoms with Crippen molar-refractivity contribution in [1.29, 1.82) is 0 Å². The minimum atomic E-state index is 0.0528. The molecule has 0 atom stereocenters. The van der Waals surface area contributed by atoms with Crippen LogP contribution in [-0.4, -0.2) is 61.0 Å². The quantitative estimate of drug-likeness (QED) is 0.880. The maximum Gasteiger partial charge on any atom is 0.255 e. The van der Waals surface area contributed by atoms with Crippen molar-refractivity contribution < 1.29 is 4.79 Å². The standard InChI is InChI=1S/C14H18ClN3O/c15-13-4-2-1-3-12(13)14(19)18-9-11(10-18)17-7-5-16-6-8-17/h1-4,11,16H,5-10H2. The lowest BCUT2D eigenvalue weighted by Crippen LogP contribution is -2.63. The summed E-state index contributed by atoms with van der Waals surface area (Å²) >= 11 is 6.06. The van der Waals surface area contributed by atoms with Gasteiger partial charge in [-0.2, -0.15) is 0 Å². The predicted octanol–water partition coefficient (Wildman–Crippen LogP) is 1.07. The third kappa shape index (κ3) is 2.61. The number of carbonyl (C=O) groups excluding carboxylic acids is 1. The van der Waals surface area contributed by atoms with Crippen molar-refractivity contribution in [1.82, 2.24) is 15.1 Å². The van der Waals surface area contributed by atoms with E-state index in [4.69, 9.17) is 11.6 Å². The van der Waals surface area contributed by atoms with Gasteiger partial charge in [0.05, 0.1) is 10.6 Å². The Kier molecular flexibility index (Phi) is 3.73. The summed E-state index contributed by atoms with van der Waals surface area (Å²) in [7, 11) is 0. The van der Waals surface area contributed by atoms with E-state index in [0.717, 1.165) is 39.3 Å². The summed E-state index contributed by atoms with van der Waals surface area (Å²) in [6.45, 7) is 5.91. The monoisotopic (exact) mass is 279 g/mol. The SMILES string of the molecule is O=C(c1ccccc1Cl)N1CC(N2CCNCC2)C1. The molecule has 1 amide bonds. The summed E-state index contributed by atoms with van der Waals surface area (Å²) in [4.78, 5) is 16.6. The van der Waals surface area contributed by atoms with Crippen LogP contribution in [0.1, 0.15) is 10.4 Å². The fourth-order valence-corrected chi connectivity index (χ4v) is 2.92. The summed E-state index contributed by atoms with van der Waals surface area (Å²) in [5.41, 5.74) is 0.614. The Morgan fingerprint density at radius 3 is 2.58 bits per heavy atom. The van der Waals surface area contributed by atoms with Crippen LogP contribution in [0.25, 0.3) is 0 Å². The van der Waals surface area contributed by atoms with E-state index in [2.05, 4.69) is 10.2 Å². The van der Waals surface area contributed by atoms with E-state index in [0.29, 0.717) is 16.6 Å². The zero-order valence-electron chi connectivity index (χ0n) is 10.8. The summed E-state index contributed by atoms with van der Waals surface area (Å²) in [6, 6.07) is 7.78. The molecule has 0 aromatic heterocycles. The van der Waals surface area contributed by atoms with E-state index in [9.17, 15) is 4.79 Å². The van der Waals surface area contributed by atoms with Crippen LogP contribution in [0.5, 0.6) is 0 Å². The molecular weight excluding hydrogens is 262 g/mol. The molecule has 3 rings (SSSR count). The first-order chi connectivity index (χ1) is 9.25. The highest BCUT2D eigenvalue weighted by atomic mass is 35.5. The van der Waals surface area contributed by atoms with Crippen LogP contribution >= 0.6 is 11.6 Å². The Bertz CT molecular complexity index is 468. The molecular formula is C14H18ClN3O. The zero-order chi connectivity index (χ0) is 13.2. The fraction of sp³-hybridized carbons (Fsp3) is 0.500. The highest BCUT2D eigenvalue weighted by molar-refractivity contribution is 6.33. The molecule has 0 unspecified atom stereocenters. The molecule has 0 radical (unpaired) electrons. The molecule has 2 aliphatic heterocycles. The lowest BCUT2D eigenvalue weighted by Gasteiger charge is -2.46. The van der Waals surface area contributed by atoms with Crippen molar-refractivity contribution in [2.24, 2.45) is 0 Å². The second-order valence-electron chi connectivity index (χ2n) is 5.13. The van der Waals surface area contributed by atoms with Gasteiger partial charge in [0.2, 0.25) is 0 Å². The van der Waals surface area contributed by atoms with Gasteiger partial charge in [0, 0.05) is 45.3 Å². The number of nitrogens with one attached hydrogen (secondary N) is 1. The number of carbonyl (C=O) groups is 1. The Morgan fingerprint density at radius 1 is 1.21 bits per heavy atom. The van der Waals surface area contributed by atoms with Crippen molar-refractivity contribution in [2.75, 3.05) is 39.3 Å². The molecule has 1 N–H and O–H groups in total. The summed E-state index contributed by atoms with van der Waals surface area (Å²) < 4.78 is 0. The van der Waals surface area contributed by atoms with Crippen LogP contribution in [-0.2, 0) is 0 Å².